The lowest BCUT2D eigenvalue weighted by atomic mass is 10.2. The van der Waals surface area contributed by atoms with Crippen LogP contribution in [0.4, 0.5) is 17.3 Å². The lowest BCUT2D eigenvalue weighted by Crippen LogP contribution is -2.04. The molecule has 2 aromatic heterocycles. The number of hydrogen-bond donors (Lipinski definition) is 2. The third-order valence-electron chi connectivity index (χ3n) is 3.73. The van der Waals surface area contributed by atoms with E-state index >= 15 is 0 Å². The molecular formula is C18H14BrN7O2. The number of hydrogen-bond acceptors (Lipinski definition) is 9. The number of ether oxygens (including phenoxy) is 1. The van der Waals surface area contributed by atoms with Gasteiger partial charge in [0.1, 0.15) is 5.75 Å². The Morgan fingerprint density at radius 2 is 1.71 bits per heavy atom. The number of benzene rings is 2. The molecule has 0 unspecified atom stereocenters. The molecule has 2 N–H and O–H groups in total. The minimum absolute atomic E-state index is 0.270. The third-order valence-corrected chi connectivity index (χ3v) is 4.26. The Balaban J connectivity index is 1.64. The Bertz CT molecular complexity index is 1130. The van der Waals surface area contributed by atoms with Crippen molar-refractivity contribution in [3.8, 4) is 5.75 Å². The predicted molar refractivity (Wildman–Crippen MR) is 109 cm³/mol. The number of rotatable bonds is 6. The van der Waals surface area contributed by atoms with Crippen molar-refractivity contribution in [3.05, 3.63) is 58.6 Å². The zero-order valence-electron chi connectivity index (χ0n) is 14.6. The first-order valence-electron chi connectivity index (χ1n) is 8.18. The molecular weight excluding hydrogens is 426 g/mol. The number of nitrogens with one attached hydrogen (secondary N) is 2. The van der Waals surface area contributed by atoms with Crippen LogP contribution in [0.2, 0.25) is 0 Å². The van der Waals surface area contributed by atoms with E-state index in [1.54, 1.807) is 13.3 Å². The van der Waals surface area contributed by atoms with Crippen LogP contribution in [0.25, 0.3) is 11.3 Å². The third kappa shape index (κ3) is 3.91. The van der Waals surface area contributed by atoms with Crippen LogP contribution in [-0.4, -0.2) is 33.6 Å². The molecule has 0 saturated carbocycles. The van der Waals surface area contributed by atoms with E-state index in [2.05, 4.69) is 52.1 Å². The Labute approximate surface area is 167 Å². The summed E-state index contributed by atoms with van der Waals surface area (Å²) < 4.78 is 11.1. The lowest BCUT2D eigenvalue weighted by Gasteiger charge is -2.12. The molecule has 0 radical (unpaired) electrons. The highest BCUT2D eigenvalue weighted by atomic mass is 79.9. The van der Waals surface area contributed by atoms with Gasteiger partial charge in [0.2, 0.25) is 11.3 Å². The molecule has 0 aliphatic heterocycles. The molecule has 4 aromatic rings. The maximum absolute atomic E-state index is 5.37. The quantitative estimate of drug-likeness (QED) is 0.342. The predicted octanol–water partition coefficient (Wildman–Crippen LogP) is 3.97. The first kappa shape index (κ1) is 17.9. The van der Waals surface area contributed by atoms with Gasteiger partial charge in [-0.05, 0) is 40.1 Å². The lowest BCUT2D eigenvalue weighted by molar-refractivity contribution is 0.314. The van der Waals surface area contributed by atoms with Crippen molar-refractivity contribution in [2.45, 2.75) is 0 Å². The number of anilines is 3. The molecule has 0 aliphatic carbocycles. The minimum Gasteiger partial charge on any atom is -0.495 e. The maximum atomic E-state index is 5.37. The van der Waals surface area contributed by atoms with Crippen molar-refractivity contribution in [3.63, 3.8) is 0 Å². The summed E-state index contributed by atoms with van der Waals surface area (Å²) in [6.45, 7) is 0. The van der Waals surface area contributed by atoms with Gasteiger partial charge in [0.25, 0.3) is 0 Å². The van der Waals surface area contributed by atoms with Gasteiger partial charge >= 0.3 is 0 Å². The monoisotopic (exact) mass is 439 g/mol. The van der Waals surface area contributed by atoms with Crippen molar-refractivity contribution in [2.75, 3.05) is 17.9 Å². The molecule has 140 valence electrons. The summed E-state index contributed by atoms with van der Waals surface area (Å²) in [5.74, 6) is 1.43. The van der Waals surface area contributed by atoms with Crippen LogP contribution in [0.1, 0.15) is 5.56 Å². The van der Waals surface area contributed by atoms with Gasteiger partial charge in [-0.2, -0.15) is 10.1 Å². The summed E-state index contributed by atoms with van der Waals surface area (Å²) in [6, 6.07) is 15.2. The maximum Gasteiger partial charge on any atom is 0.245 e. The average molecular weight is 440 g/mol. The average Bonchev–Trinajstić information content (AvgIpc) is 3.17. The number of halogens is 1. The molecule has 28 heavy (non-hydrogen) atoms. The van der Waals surface area contributed by atoms with E-state index in [1.807, 2.05) is 48.5 Å². The largest absolute Gasteiger partial charge is 0.495 e. The second kappa shape index (κ2) is 8.01. The fraction of sp³-hybridized carbons (Fsp3) is 0.0556. The van der Waals surface area contributed by atoms with E-state index in [0.29, 0.717) is 17.4 Å². The molecule has 4 rings (SSSR count). The van der Waals surface area contributed by atoms with Crippen molar-refractivity contribution in [1.82, 2.24) is 20.3 Å². The second-order valence-corrected chi connectivity index (χ2v) is 6.49. The fourth-order valence-corrected chi connectivity index (χ4v) is 2.66. The molecule has 0 amide bonds. The van der Waals surface area contributed by atoms with E-state index in [-0.39, 0.29) is 11.3 Å². The molecule has 2 aromatic carbocycles. The summed E-state index contributed by atoms with van der Waals surface area (Å²) >= 11 is 3.40. The van der Waals surface area contributed by atoms with Crippen LogP contribution in [0.15, 0.2) is 62.7 Å². The van der Waals surface area contributed by atoms with Gasteiger partial charge < -0.3 is 10.1 Å². The van der Waals surface area contributed by atoms with Gasteiger partial charge in [-0.25, -0.2) is 9.61 Å². The topological polar surface area (TPSA) is 110 Å². The van der Waals surface area contributed by atoms with E-state index < -0.39 is 0 Å². The van der Waals surface area contributed by atoms with E-state index in [0.717, 1.165) is 15.7 Å². The number of aromatic nitrogens is 4. The number of para-hydroxylation sites is 2. The Morgan fingerprint density at radius 1 is 1.00 bits per heavy atom. The van der Waals surface area contributed by atoms with E-state index in [4.69, 9.17) is 9.37 Å². The molecule has 2 heterocycles. The Hall–Kier alpha value is -3.53. The van der Waals surface area contributed by atoms with Crippen molar-refractivity contribution in [1.29, 1.82) is 0 Å². The van der Waals surface area contributed by atoms with Crippen molar-refractivity contribution >= 4 is 50.8 Å². The van der Waals surface area contributed by atoms with Gasteiger partial charge in [0.15, 0.2) is 11.6 Å². The SMILES string of the molecule is COc1ccccc1Nc1nc2nonc2nc1N/N=C/c1ccc(Br)cc1. The highest BCUT2D eigenvalue weighted by Crippen LogP contribution is 2.29. The highest BCUT2D eigenvalue weighted by molar-refractivity contribution is 9.10. The van der Waals surface area contributed by atoms with Gasteiger partial charge in [0.05, 0.1) is 19.0 Å². The first-order chi connectivity index (χ1) is 13.7. The summed E-state index contributed by atoms with van der Waals surface area (Å²) in [4.78, 5) is 8.77. The molecule has 0 spiro atoms. The van der Waals surface area contributed by atoms with Gasteiger partial charge in [0, 0.05) is 4.47 Å². The van der Waals surface area contributed by atoms with E-state index in [1.165, 1.54) is 0 Å². The van der Waals surface area contributed by atoms with Gasteiger partial charge in [-0.3, -0.25) is 5.43 Å². The normalized spacial score (nSPS) is 11.1. The Kier molecular flexibility index (Phi) is 5.11. The summed E-state index contributed by atoms with van der Waals surface area (Å²) in [5.41, 5.74) is 5.08. The summed E-state index contributed by atoms with van der Waals surface area (Å²) in [7, 11) is 1.60. The second-order valence-electron chi connectivity index (χ2n) is 5.58. The zero-order valence-corrected chi connectivity index (χ0v) is 16.2. The van der Waals surface area contributed by atoms with Crippen LogP contribution < -0.4 is 15.5 Å². The van der Waals surface area contributed by atoms with Crippen LogP contribution in [0.5, 0.6) is 5.75 Å². The van der Waals surface area contributed by atoms with Crippen LogP contribution in [-0.2, 0) is 0 Å². The molecule has 0 fully saturated rings. The number of methoxy groups -OCH3 is 1. The fourth-order valence-electron chi connectivity index (χ4n) is 2.40. The molecule has 0 bridgehead atoms. The first-order valence-corrected chi connectivity index (χ1v) is 8.97. The standard InChI is InChI=1S/C18H14BrN7O2/c1-27-14-5-3-2-4-13(14)21-15-16(23-18-17(22-15)25-28-26-18)24-20-10-11-6-8-12(19)9-7-11/h2-10H,1H3,(H,21,22,25)(H,23,24,26)/b20-10+. The van der Waals surface area contributed by atoms with Gasteiger partial charge in [-0.15, -0.1) is 0 Å². The summed E-state index contributed by atoms with van der Waals surface area (Å²) in [6.07, 6.45) is 1.67. The van der Waals surface area contributed by atoms with Crippen molar-refractivity contribution in [2.24, 2.45) is 5.10 Å². The van der Waals surface area contributed by atoms with Crippen molar-refractivity contribution < 1.29 is 9.37 Å². The molecule has 0 aliphatic rings. The molecule has 0 saturated heterocycles. The van der Waals surface area contributed by atoms with Crippen LogP contribution >= 0.6 is 15.9 Å². The Morgan fingerprint density at radius 3 is 2.46 bits per heavy atom. The summed E-state index contributed by atoms with van der Waals surface area (Å²) in [5, 5.41) is 14.9. The molecule has 0 atom stereocenters. The number of hydrazone groups is 1. The molecule has 9 nitrogen and oxygen atoms in total. The zero-order chi connectivity index (χ0) is 19.3. The highest BCUT2D eigenvalue weighted by Gasteiger charge is 2.14. The smallest absolute Gasteiger partial charge is 0.245 e. The van der Waals surface area contributed by atoms with Crippen LogP contribution in [0, 0.1) is 0 Å². The van der Waals surface area contributed by atoms with Gasteiger partial charge in [-0.1, -0.05) is 40.2 Å². The minimum atomic E-state index is 0.270. The van der Waals surface area contributed by atoms with Crippen LogP contribution in [0.3, 0.4) is 0 Å². The molecule has 10 heteroatoms. The number of fused-ring (bicyclic) bond motifs is 1. The van der Waals surface area contributed by atoms with E-state index in [9.17, 15) is 0 Å². The number of nitrogens with zero attached hydrogens (tertiary/aromatic N) is 5.